The van der Waals surface area contributed by atoms with Crippen LogP contribution in [0.2, 0.25) is 0 Å². The van der Waals surface area contributed by atoms with Crippen molar-refractivity contribution in [1.82, 2.24) is 20.3 Å². The summed E-state index contributed by atoms with van der Waals surface area (Å²) in [6, 6.07) is 10.3. The van der Waals surface area contributed by atoms with E-state index in [1.165, 1.54) is 5.69 Å². The fourth-order valence-corrected chi connectivity index (χ4v) is 3.84. The Bertz CT molecular complexity index is 1050. The number of hydrogen-bond donors (Lipinski definition) is 1. The van der Waals surface area contributed by atoms with Gasteiger partial charge in [-0.25, -0.2) is 9.97 Å². The summed E-state index contributed by atoms with van der Waals surface area (Å²) >= 11 is 0. The fourth-order valence-electron chi connectivity index (χ4n) is 3.84. The Morgan fingerprint density at radius 1 is 1.13 bits per heavy atom. The van der Waals surface area contributed by atoms with E-state index in [0.29, 0.717) is 31.0 Å². The Labute approximate surface area is 174 Å². The van der Waals surface area contributed by atoms with E-state index >= 15 is 0 Å². The molecule has 1 amide bonds. The zero-order valence-electron chi connectivity index (χ0n) is 16.6. The summed E-state index contributed by atoms with van der Waals surface area (Å²) in [6.07, 6.45) is 3.78. The van der Waals surface area contributed by atoms with Crippen LogP contribution >= 0.6 is 0 Å². The number of amides is 1. The highest BCUT2D eigenvalue weighted by molar-refractivity contribution is 5.83. The first kappa shape index (κ1) is 18.7. The number of hydrogen-bond acceptors (Lipinski definition) is 7. The molecule has 30 heavy (non-hydrogen) atoms. The Morgan fingerprint density at radius 2 is 1.93 bits per heavy atom. The van der Waals surface area contributed by atoms with E-state index in [4.69, 9.17) is 14.5 Å². The van der Waals surface area contributed by atoms with Crippen molar-refractivity contribution in [2.45, 2.75) is 6.42 Å². The van der Waals surface area contributed by atoms with Crippen molar-refractivity contribution in [2.24, 2.45) is 5.92 Å². The van der Waals surface area contributed by atoms with Crippen molar-refractivity contribution in [3.05, 3.63) is 42.7 Å². The Morgan fingerprint density at radius 3 is 2.70 bits per heavy atom. The Hall–Kier alpha value is -3.26. The van der Waals surface area contributed by atoms with Crippen LogP contribution in [0.15, 0.2) is 42.7 Å². The second-order valence-corrected chi connectivity index (χ2v) is 7.57. The molecule has 1 aromatic carbocycles. The molecule has 0 bridgehead atoms. The number of anilines is 1. The van der Waals surface area contributed by atoms with Gasteiger partial charge < -0.3 is 19.7 Å². The van der Waals surface area contributed by atoms with Gasteiger partial charge in [-0.3, -0.25) is 9.78 Å². The molecule has 8 heteroatoms. The van der Waals surface area contributed by atoms with Crippen molar-refractivity contribution in [2.75, 3.05) is 44.4 Å². The van der Waals surface area contributed by atoms with Crippen LogP contribution in [0.5, 0.6) is 5.88 Å². The smallest absolute Gasteiger partial charge is 0.242 e. The minimum atomic E-state index is 0.0651. The summed E-state index contributed by atoms with van der Waals surface area (Å²) in [5.74, 6) is 0.657. The molecule has 2 aliphatic heterocycles. The number of ether oxygens (including phenoxy) is 2. The summed E-state index contributed by atoms with van der Waals surface area (Å²) in [5, 5.41) is 2.83. The maximum Gasteiger partial charge on any atom is 0.242 e. The molecule has 0 aliphatic carbocycles. The second-order valence-electron chi connectivity index (χ2n) is 7.57. The molecule has 5 rings (SSSR count). The molecule has 2 fully saturated rings. The monoisotopic (exact) mass is 405 g/mol. The molecule has 154 valence electrons. The summed E-state index contributed by atoms with van der Waals surface area (Å²) in [4.78, 5) is 27.3. The lowest BCUT2D eigenvalue weighted by Gasteiger charge is -2.28. The third-order valence-electron chi connectivity index (χ3n) is 5.48. The maximum atomic E-state index is 11.4. The van der Waals surface area contributed by atoms with Crippen LogP contribution in [0.1, 0.15) is 6.42 Å². The summed E-state index contributed by atoms with van der Waals surface area (Å²) in [7, 11) is 0. The van der Waals surface area contributed by atoms with Crippen LogP contribution in [-0.2, 0) is 9.53 Å². The zero-order chi connectivity index (χ0) is 20.3. The lowest BCUT2D eigenvalue weighted by atomic mass is 10.1. The highest BCUT2D eigenvalue weighted by Gasteiger charge is 2.23. The molecule has 1 N–H and O–H groups in total. The second kappa shape index (κ2) is 8.23. The summed E-state index contributed by atoms with van der Waals surface area (Å²) in [5.41, 5.74) is 4.31. The lowest BCUT2D eigenvalue weighted by Crippen LogP contribution is -2.36. The van der Waals surface area contributed by atoms with Crippen LogP contribution in [0.25, 0.3) is 22.3 Å². The quantitative estimate of drug-likeness (QED) is 0.695. The van der Waals surface area contributed by atoms with Crippen LogP contribution in [0, 0.1) is 5.92 Å². The third-order valence-corrected chi connectivity index (χ3v) is 5.48. The van der Waals surface area contributed by atoms with Gasteiger partial charge in [0.2, 0.25) is 11.8 Å². The minimum absolute atomic E-state index is 0.0651. The van der Waals surface area contributed by atoms with Crippen molar-refractivity contribution >= 4 is 22.6 Å². The van der Waals surface area contributed by atoms with Crippen LogP contribution < -0.4 is 15.0 Å². The third kappa shape index (κ3) is 3.91. The van der Waals surface area contributed by atoms with Crippen LogP contribution in [0.3, 0.4) is 0 Å². The fraction of sp³-hybridized carbons (Fsp3) is 0.364. The molecule has 0 spiro atoms. The number of carbonyl (C=O) groups excluding carboxylic acids is 1. The van der Waals surface area contributed by atoms with Crippen LogP contribution in [0.4, 0.5) is 5.69 Å². The number of nitrogens with zero attached hydrogens (tertiary/aromatic N) is 4. The molecule has 0 saturated carbocycles. The van der Waals surface area contributed by atoms with Crippen LogP contribution in [-0.4, -0.2) is 60.3 Å². The molecule has 1 atom stereocenters. The molecule has 8 nitrogen and oxygen atoms in total. The van der Waals surface area contributed by atoms with E-state index in [9.17, 15) is 4.79 Å². The number of rotatable bonds is 5. The minimum Gasteiger partial charge on any atom is -0.476 e. The molecule has 2 saturated heterocycles. The zero-order valence-corrected chi connectivity index (χ0v) is 16.6. The first-order valence-corrected chi connectivity index (χ1v) is 10.2. The van der Waals surface area contributed by atoms with Crippen molar-refractivity contribution in [1.29, 1.82) is 0 Å². The maximum absolute atomic E-state index is 11.4. The molecule has 3 aromatic rings. The average Bonchev–Trinajstić information content (AvgIpc) is 3.23. The van der Waals surface area contributed by atoms with Gasteiger partial charge in [-0.1, -0.05) is 12.1 Å². The number of benzene rings is 1. The van der Waals surface area contributed by atoms with E-state index in [2.05, 4.69) is 44.5 Å². The largest absolute Gasteiger partial charge is 0.476 e. The normalized spacial score (nSPS) is 19.1. The van der Waals surface area contributed by atoms with Gasteiger partial charge in [-0.2, -0.15) is 0 Å². The predicted molar refractivity (Wildman–Crippen MR) is 112 cm³/mol. The SMILES string of the molecule is O=C1C[C@H](COc2nc(-c3ccc(N4CCOCC4)cc3)cc3nccnc23)CN1. The number of morpholine rings is 1. The molecule has 0 unspecified atom stereocenters. The van der Waals surface area contributed by atoms with Gasteiger partial charge in [0.25, 0.3) is 0 Å². The van der Waals surface area contributed by atoms with Gasteiger partial charge in [-0.15, -0.1) is 0 Å². The topological polar surface area (TPSA) is 89.5 Å². The summed E-state index contributed by atoms with van der Waals surface area (Å²) < 4.78 is 11.4. The van der Waals surface area contributed by atoms with Crippen molar-refractivity contribution in [3.63, 3.8) is 0 Å². The lowest BCUT2D eigenvalue weighted by molar-refractivity contribution is -0.119. The van der Waals surface area contributed by atoms with Crippen molar-refractivity contribution in [3.8, 4) is 17.1 Å². The van der Waals surface area contributed by atoms with Gasteiger partial charge in [0.1, 0.15) is 0 Å². The number of aromatic nitrogens is 3. The van der Waals surface area contributed by atoms with Gasteiger partial charge in [0, 0.05) is 55.6 Å². The predicted octanol–water partition coefficient (Wildman–Crippen LogP) is 2.04. The van der Waals surface area contributed by atoms with E-state index in [1.54, 1.807) is 12.4 Å². The molecule has 0 radical (unpaired) electrons. The molecule has 2 aromatic heterocycles. The summed E-state index contributed by atoms with van der Waals surface area (Å²) in [6.45, 7) is 4.37. The molecule has 2 aliphatic rings. The van der Waals surface area contributed by atoms with E-state index in [1.807, 2.05) is 6.07 Å². The van der Waals surface area contributed by atoms with Gasteiger partial charge in [0.05, 0.1) is 31.0 Å². The molecular weight excluding hydrogens is 382 g/mol. The highest BCUT2D eigenvalue weighted by Crippen LogP contribution is 2.29. The van der Waals surface area contributed by atoms with E-state index in [-0.39, 0.29) is 11.8 Å². The van der Waals surface area contributed by atoms with Gasteiger partial charge >= 0.3 is 0 Å². The number of pyridine rings is 1. The Kier molecular flexibility index (Phi) is 5.15. The van der Waals surface area contributed by atoms with E-state index in [0.717, 1.165) is 43.1 Å². The number of carbonyl (C=O) groups is 1. The first-order valence-electron chi connectivity index (χ1n) is 10.2. The molecule has 4 heterocycles. The van der Waals surface area contributed by atoms with Gasteiger partial charge in [0.15, 0.2) is 5.52 Å². The number of fused-ring (bicyclic) bond motifs is 1. The van der Waals surface area contributed by atoms with Crippen molar-refractivity contribution < 1.29 is 14.3 Å². The standard InChI is InChI=1S/C22H23N5O3/c28-20-11-15(13-25-20)14-30-22-21-19(23-5-6-24-21)12-18(26-22)16-1-3-17(4-2-16)27-7-9-29-10-8-27/h1-6,12,15H,7-11,13-14H2,(H,25,28)/t15-/m0/s1. The highest BCUT2D eigenvalue weighted by atomic mass is 16.5. The molecular formula is C22H23N5O3. The average molecular weight is 405 g/mol. The number of nitrogens with one attached hydrogen (secondary N) is 1. The Balaban J connectivity index is 1.41. The first-order chi connectivity index (χ1) is 14.8. The van der Waals surface area contributed by atoms with E-state index < -0.39 is 0 Å². The van der Waals surface area contributed by atoms with Gasteiger partial charge in [-0.05, 0) is 18.2 Å².